The van der Waals surface area contributed by atoms with Crippen molar-refractivity contribution in [1.29, 1.82) is 0 Å². The van der Waals surface area contributed by atoms with Gasteiger partial charge in [0, 0.05) is 41.3 Å². The third-order valence-corrected chi connectivity index (χ3v) is 5.99. The molecule has 0 radical (unpaired) electrons. The first-order chi connectivity index (χ1) is 14.8. The van der Waals surface area contributed by atoms with Gasteiger partial charge in [0.25, 0.3) is 0 Å². The summed E-state index contributed by atoms with van der Waals surface area (Å²) >= 11 is 0. The van der Waals surface area contributed by atoms with Crippen molar-refractivity contribution in [2.45, 2.75) is 31.6 Å². The number of aromatic nitrogens is 5. The van der Waals surface area contributed by atoms with E-state index < -0.39 is 0 Å². The quantitative estimate of drug-likeness (QED) is 0.427. The summed E-state index contributed by atoms with van der Waals surface area (Å²) in [6.45, 7) is 3.71. The molecular formula is C23H25N7. The Balaban J connectivity index is 1.32. The highest BCUT2D eigenvalue weighted by molar-refractivity contribution is 5.92. The SMILES string of the molecule is CCNc1n[nH]c2ccc(-c3ccc(NCC4(c5ccccn5)CCC4)nn3)cc12. The van der Waals surface area contributed by atoms with Crippen LogP contribution in [0, 0.1) is 0 Å². The summed E-state index contributed by atoms with van der Waals surface area (Å²) in [5.74, 6) is 1.65. The molecule has 152 valence electrons. The Kier molecular flexibility index (Phi) is 4.78. The fourth-order valence-corrected chi connectivity index (χ4v) is 4.12. The second-order valence-corrected chi connectivity index (χ2v) is 7.87. The molecule has 3 heterocycles. The van der Waals surface area contributed by atoms with Gasteiger partial charge in [-0.25, -0.2) is 0 Å². The van der Waals surface area contributed by atoms with E-state index in [2.05, 4.69) is 61.1 Å². The summed E-state index contributed by atoms with van der Waals surface area (Å²) in [7, 11) is 0. The predicted molar refractivity (Wildman–Crippen MR) is 120 cm³/mol. The molecule has 1 aliphatic rings. The summed E-state index contributed by atoms with van der Waals surface area (Å²) in [5, 5.41) is 24.1. The first-order valence-corrected chi connectivity index (χ1v) is 10.5. The van der Waals surface area contributed by atoms with E-state index in [4.69, 9.17) is 0 Å². The molecule has 7 nitrogen and oxygen atoms in total. The number of hydrogen-bond donors (Lipinski definition) is 3. The number of aromatic amines is 1. The molecule has 1 aromatic carbocycles. The zero-order valence-corrected chi connectivity index (χ0v) is 17.0. The van der Waals surface area contributed by atoms with Crippen molar-refractivity contribution in [1.82, 2.24) is 25.4 Å². The van der Waals surface area contributed by atoms with Crippen molar-refractivity contribution < 1.29 is 0 Å². The summed E-state index contributed by atoms with van der Waals surface area (Å²) in [5.41, 5.74) is 4.14. The van der Waals surface area contributed by atoms with Crippen LogP contribution < -0.4 is 10.6 Å². The van der Waals surface area contributed by atoms with E-state index in [-0.39, 0.29) is 5.41 Å². The van der Waals surface area contributed by atoms with Gasteiger partial charge in [0.2, 0.25) is 0 Å². The average Bonchev–Trinajstić information content (AvgIpc) is 3.17. The number of rotatable bonds is 7. The van der Waals surface area contributed by atoms with Gasteiger partial charge in [-0.15, -0.1) is 10.2 Å². The highest BCUT2D eigenvalue weighted by atomic mass is 15.2. The van der Waals surface area contributed by atoms with E-state index >= 15 is 0 Å². The first kappa shape index (κ1) is 18.5. The summed E-state index contributed by atoms with van der Waals surface area (Å²) < 4.78 is 0. The number of H-pyrrole nitrogens is 1. The number of anilines is 2. The van der Waals surface area contributed by atoms with Crippen molar-refractivity contribution in [3.8, 4) is 11.3 Å². The number of nitrogens with one attached hydrogen (secondary N) is 3. The fraction of sp³-hybridized carbons (Fsp3) is 0.304. The van der Waals surface area contributed by atoms with Gasteiger partial charge in [-0.1, -0.05) is 18.6 Å². The van der Waals surface area contributed by atoms with Crippen LogP contribution in [0.4, 0.5) is 11.6 Å². The topological polar surface area (TPSA) is 91.4 Å². The van der Waals surface area contributed by atoms with E-state index in [9.17, 15) is 0 Å². The fourth-order valence-electron chi connectivity index (χ4n) is 4.12. The summed E-state index contributed by atoms with van der Waals surface area (Å²) in [6, 6.07) is 16.3. The molecule has 7 heteroatoms. The smallest absolute Gasteiger partial charge is 0.155 e. The van der Waals surface area contributed by atoms with Crippen molar-refractivity contribution in [2.75, 3.05) is 23.7 Å². The molecule has 0 bridgehead atoms. The molecule has 3 N–H and O–H groups in total. The minimum atomic E-state index is 0.108. The van der Waals surface area contributed by atoms with Crippen LogP contribution in [0.15, 0.2) is 54.7 Å². The number of fused-ring (bicyclic) bond motifs is 1. The van der Waals surface area contributed by atoms with Gasteiger partial charge in [0.15, 0.2) is 5.82 Å². The zero-order valence-electron chi connectivity index (χ0n) is 17.0. The minimum Gasteiger partial charge on any atom is -0.368 e. The Morgan fingerprint density at radius 3 is 2.67 bits per heavy atom. The lowest BCUT2D eigenvalue weighted by atomic mass is 9.66. The molecule has 0 atom stereocenters. The van der Waals surface area contributed by atoms with Gasteiger partial charge < -0.3 is 10.6 Å². The second-order valence-electron chi connectivity index (χ2n) is 7.87. The van der Waals surface area contributed by atoms with Crippen LogP contribution >= 0.6 is 0 Å². The molecular weight excluding hydrogens is 374 g/mol. The molecule has 1 fully saturated rings. The molecule has 0 amide bonds. The van der Waals surface area contributed by atoms with Crippen LogP contribution in [-0.4, -0.2) is 38.5 Å². The molecule has 1 aliphatic carbocycles. The molecule has 0 aliphatic heterocycles. The third kappa shape index (κ3) is 3.36. The van der Waals surface area contributed by atoms with E-state index in [1.165, 1.54) is 12.1 Å². The maximum atomic E-state index is 4.59. The standard InChI is InChI=1S/C23H25N7/c1-2-24-22-17-14-16(7-8-19(17)28-30-22)18-9-10-21(29-27-18)26-15-23(11-5-12-23)20-6-3-4-13-25-20/h3-4,6-10,13-14H,2,5,11-12,15H2,1H3,(H,26,29)(H2,24,28,30). The molecule has 0 unspecified atom stereocenters. The van der Waals surface area contributed by atoms with E-state index in [0.29, 0.717) is 0 Å². The lowest BCUT2D eigenvalue weighted by Gasteiger charge is -2.41. The molecule has 0 spiro atoms. The monoisotopic (exact) mass is 399 g/mol. The summed E-state index contributed by atoms with van der Waals surface area (Å²) in [6.07, 6.45) is 5.43. The van der Waals surface area contributed by atoms with Gasteiger partial charge in [0.1, 0.15) is 5.82 Å². The third-order valence-electron chi connectivity index (χ3n) is 5.99. The van der Waals surface area contributed by atoms with Crippen LogP contribution in [-0.2, 0) is 5.41 Å². The van der Waals surface area contributed by atoms with Crippen LogP contribution in [0.3, 0.4) is 0 Å². The van der Waals surface area contributed by atoms with Crippen molar-refractivity contribution >= 4 is 22.5 Å². The van der Waals surface area contributed by atoms with Crippen molar-refractivity contribution in [2.24, 2.45) is 0 Å². The molecule has 30 heavy (non-hydrogen) atoms. The van der Waals surface area contributed by atoms with Crippen LogP contribution in [0.25, 0.3) is 22.2 Å². The zero-order chi connectivity index (χ0) is 20.4. The van der Waals surface area contributed by atoms with E-state index in [1.54, 1.807) is 0 Å². The van der Waals surface area contributed by atoms with Crippen molar-refractivity contribution in [3.63, 3.8) is 0 Å². The highest BCUT2D eigenvalue weighted by Gasteiger charge is 2.39. The summed E-state index contributed by atoms with van der Waals surface area (Å²) in [4.78, 5) is 4.59. The number of benzene rings is 1. The maximum absolute atomic E-state index is 4.59. The van der Waals surface area contributed by atoms with E-state index in [0.717, 1.165) is 59.7 Å². The van der Waals surface area contributed by atoms with Gasteiger partial charge >= 0.3 is 0 Å². The minimum absolute atomic E-state index is 0.108. The Morgan fingerprint density at radius 2 is 1.97 bits per heavy atom. The van der Waals surface area contributed by atoms with Gasteiger partial charge in [-0.2, -0.15) is 5.10 Å². The molecule has 3 aromatic heterocycles. The van der Waals surface area contributed by atoms with Crippen molar-refractivity contribution in [3.05, 3.63) is 60.4 Å². The first-order valence-electron chi connectivity index (χ1n) is 10.5. The molecule has 4 aromatic rings. The van der Waals surface area contributed by atoms with E-state index in [1.807, 2.05) is 36.5 Å². The Labute approximate surface area is 175 Å². The Bertz CT molecular complexity index is 1130. The largest absolute Gasteiger partial charge is 0.368 e. The average molecular weight is 400 g/mol. The van der Waals surface area contributed by atoms with Crippen LogP contribution in [0.2, 0.25) is 0 Å². The molecule has 5 rings (SSSR count). The number of pyridine rings is 1. The van der Waals surface area contributed by atoms with Crippen LogP contribution in [0.5, 0.6) is 0 Å². The number of hydrogen-bond acceptors (Lipinski definition) is 6. The lowest BCUT2D eigenvalue weighted by molar-refractivity contribution is 0.253. The van der Waals surface area contributed by atoms with Crippen LogP contribution in [0.1, 0.15) is 31.9 Å². The predicted octanol–water partition coefficient (Wildman–Crippen LogP) is 4.38. The number of nitrogens with zero attached hydrogens (tertiary/aromatic N) is 4. The second kappa shape index (κ2) is 7.74. The highest BCUT2D eigenvalue weighted by Crippen LogP contribution is 2.42. The van der Waals surface area contributed by atoms with Gasteiger partial charge in [-0.3, -0.25) is 10.1 Å². The lowest BCUT2D eigenvalue weighted by Crippen LogP contribution is -2.41. The normalized spacial score (nSPS) is 15.0. The molecule has 1 saturated carbocycles. The van der Waals surface area contributed by atoms with Gasteiger partial charge in [0.05, 0.1) is 11.2 Å². The Hall–Kier alpha value is -3.48. The van der Waals surface area contributed by atoms with Gasteiger partial charge in [-0.05, 0) is 56.2 Å². The molecule has 0 saturated heterocycles. The Morgan fingerprint density at radius 1 is 1.03 bits per heavy atom. The maximum Gasteiger partial charge on any atom is 0.155 e.